The lowest BCUT2D eigenvalue weighted by Gasteiger charge is -1.95. The number of aromatic nitrogens is 1. The van der Waals surface area contributed by atoms with Crippen molar-refractivity contribution in [2.75, 3.05) is 0 Å². The molecule has 1 aliphatic heterocycles. The van der Waals surface area contributed by atoms with Crippen LogP contribution in [-0.2, 0) is 6.42 Å². The van der Waals surface area contributed by atoms with Crippen molar-refractivity contribution in [2.24, 2.45) is 4.99 Å². The van der Waals surface area contributed by atoms with Gasteiger partial charge in [-0.05, 0) is 26.0 Å². The predicted octanol–water partition coefficient (Wildman–Crippen LogP) is 2.04. The van der Waals surface area contributed by atoms with Crippen molar-refractivity contribution in [1.82, 2.24) is 4.98 Å². The van der Waals surface area contributed by atoms with E-state index >= 15 is 0 Å². The van der Waals surface area contributed by atoms with Gasteiger partial charge >= 0.3 is 0 Å². The van der Waals surface area contributed by atoms with E-state index in [0.717, 1.165) is 29.2 Å². The number of hydrogen-bond acceptors (Lipinski definition) is 2. The molecule has 2 heterocycles. The van der Waals surface area contributed by atoms with Crippen LogP contribution in [0.1, 0.15) is 18.3 Å². The zero-order valence-electron chi connectivity index (χ0n) is 6.76. The second-order valence-corrected chi connectivity index (χ2v) is 2.94. The van der Waals surface area contributed by atoms with Gasteiger partial charge in [-0.15, -0.1) is 0 Å². The Kier molecular flexibility index (Phi) is 1.28. The fourth-order valence-corrected chi connectivity index (χ4v) is 1.32. The number of aliphatic imine (C=N–C) groups is 1. The molecule has 0 saturated carbocycles. The van der Waals surface area contributed by atoms with E-state index < -0.39 is 0 Å². The zero-order valence-corrected chi connectivity index (χ0v) is 6.76. The molecule has 0 aromatic carbocycles. The van der Waals surface area contributed by atoms with Gasteiger partial charge in [0.15, 0.2) is 0 Å². The monoisotopic (exact) mass is 146 g/mol. The summed E-state index contributed by atoms with van der Waals surface area (Å²) in [5.74, 6) is 0. The van der Waals surface area contributed by atoms with E-state index in [-0.39, 0.29) is 0 Å². The first kappa shape index (κ1) is 6.53. The highest BCUT2D eigenvalue weighted by atomic mass is 14.9. The number of pyridine rings is 1. The summed E-state index contributed by atoms with van der Waals surface area (Å²) in [4.78, 5) is 8.74. The smallest absolute Gasteiger partial charge is 0.0848 e. The number of nitrogens with zero attached hydrogens (tertiary/aromatic N) is 2. The van der Waals surface area contributed by atoms with Crippen molar-refractivity contribution >= 4 is 11.4 Å². The minimum atomic E-state index is 0.928. The normalized spacial score (nSPS) is 14.5. The molecule has 0 bridgehead atoms. The maximum Gasteiger partial charge on any atom is 0.0848 e. The van der Waals surface area contributed by atoms with Gasteiger partial charge in [0.25, 0.3) is 0 Å². The Morgan fingerprint density at radius 3 is 2.91 bits per heavy atom. The number of rotatable bonds is 0. The van der Waals surface area contributed by atoms with Gasteiger partial charge < -0.3 is 0 Å². The van der Waals surface area contributed by atoms with E-state index in [2.05, 4.69) is 9.98 Å². The average Bonchev–Trinajstić information content (AvgIpc) is 2.27. The van der Waals surface area contributed by atoms with Crippen molar-refractivity contribution in [3.63, 3.8) is 0 Å². The van der Waals surface area contributed by atoms with Gasteiger partial charge in [-0.25, -0.2) is 0 Å². The molecule has 0 atom stereocenters. The summed E-state index contributed by atoms with van der Waals surface area (Å²) >= 11 is 0. The zero-order chi connectivity index (χ0) is 7.84. The van der Waals surface area contributed by atoms with Crippen molar-refractivity contribution in [1.29, 1.82) is 0 Å². The van der Waals surface area contributed by atoms with Crippen LogP contribution in [0.25, 0.3) is 0 Å². The third-order valence-corrected chi connectivity index (χ3v) is 1.82. The summed E-state index contributed by atoms with van der Waals surface area (Å²) in [5.41, 5.74) is 4.42. The van der Waals surface area contributed by atoms with Gasteiger partial charge in [0.05, 0.1) is 11.4 Å². The molecule has 2 rings (SSSR count). The van der Waals surface area contributed by atoms with Gasteiger partial charge in [-0.1, -0.05) is 0 Å². The molecule has 0 saturated heterocycles. The summed E-state index contributed by atoms with van der Waals surface area (Å²) in [6.07, 6.45) is 0.928. The molecular weight excluding hydrogens is 136 g/mol. The fourth-order valence-electron chi connectivity index (χ4n) is 1.32. The predicted molar refractivity (Wildman–Crippen MR) is 45.4 cm³/mol. The minimum Gasteiger partial charge on any atom is -0.256 e. The molecule has 11 heavy (non-hydrogen) atoms. The topological polar surface area (TPSA) is 25.2 Å². The third-order valence-electron chi connectivity index (χ3n) is 1.82. The lowest BCUT2D eigenvalue weighted by atomic mass is 10.2. The summed E-state index contributed by atoms with van der Waals surface area (Å²) in [6, 6.07) is 4.04. The lowest BCUT2D eigenvalue weighted by Crippen LogP contribution is -1.92. The molecule has 0 radical (unpaired) electrons. The molecule has 1 aromatic rings. The second kappa shape index (κ2) is 2.16. The van der Waals surface area contributed by atoms with Crippen LogP contribution in [0.3, 0.4) is 0 Å². The first-order valence-electron chi connectivity index (χ1n) is 3.76. The van der Waals surface area contributed by atoms with Crippen LogP contribution in [0.2, 0.25) is 0 Å². The largest absolute Gasteiger partial charge is 0.256 e. The number of hydrogen-bond donors (Lipinski definition) is 0. The molecule has 0 unspecified atom stereocenters. The lowest BCUT2D eigenvalue weighted by molar-refractivity contribution is 1.10. The number of fused-ring (bicyclic) bond motifs is 1. The maximum absolute atomic E-state index is 4.39. The quantitative estimate of drug-likeness (QED) is 0.549. The van der Waals surface area contributed by atoms with E-state index in [1.54, 1.807) is 0 Å². The summed E-state index contributed by atoms with van der Waals surface area (Å²) in [7, 11) is 0. The Morgan fingerprint density at radius 1 is 1.27 bits per heavy atom. The van der Waals surface area contributed by atoms with Crippen LogP contribution in [0, 0.1) is 6.92 Å². The Hall–Kier alpha value is -1.18. The summed E-state index contributed by atoms with van der Waals surface area (Å²) < 4.78 is 0. The fraction of sp³-hybridized carbons (Fsp3) is 0.333. The molecular formula is C9H10N2. The van der Waals surface area contributed by atoms with E-state index in [4.69, 9.17) is 0 Å². The van der Waals surface area contributed by atoms with Gasteiger partial charge in [-0.2, -0.15) is 0 Å². The van der Waals surface area contributed by atoms with Gasteiger partial charge in [0.2, 0.25) is 0 Å². The Labute approximate surface area is 66.0 Å². The van der Waals surface area contributed by atoms with Crippen LogP contribution in [0.5, 0.6) is 0 Å². The van der Waals surface area contributed by atoms with Crippen molar-refractivity contribution in [3.05, 3.63) is 23.5 Å². The highest BCUT2D eigenvalue weighted by Crippen LogP contribution is 2.24. The van der Waals surface area contributed by atoms with Crippen molar-refractivity contribution in [3.8, 4) is 0 Å². The summed E-state index contributed by atoms with van der Waals surface area (Å²) in [6.45, 7) is 4.05. The van der Waals surface area contributed by atoms with E-state index in [1.807, 2.05) is 26.0 Å². The molecule has 1 aliphatic rings. The molecule has 2 nitrogen and oxygen atoms in total. The number of aryl methyl sites for hydroxylation is 1. The van der Waals surface area contributed by atoms with Crippen molar-refractivity contribution < 1.29 is 0 Å². The first-order chi connectivity index (χ1) is 5.25. The van der Waals surface area contributed by atoms with Gasteiger partial charge in [0.1, 0.15) is 0 Å². The maximum atomic E-state index is 4.39. The van der Waals surface area contributed by atoms with E-state index in [1.165, 1.54) is 0 Å². The third kappa shape index (κ3) is 1.04. The molecule has 1 aromatic heterocycles. The van der Waals surface area contributed by atoms with Crippen LogP contribution in [-0.4, -0.2) is 10.7 Å². The molecule has 0 aliphatic carbocycles. The van der Waals surface area contributed by atoms with Gasteiger partial charge in [-0.3, -0.25) is 9.98 Å². The first-order valence-corrected chi connectivity index (χ1v) is 3.76. The second-order valence-electron chi connectivity index (χ2n) is 2.94. The van der Waals surface area contributed by atoms with Crippen LogP contribution >= 0.6 is 0 Å². The standard InChI is InChI=1S/C9H10N2/c1-6-3-4-8-9(10-6)5-7(2)11-8/h3-4H,5H2,1-2H3. The Bertz CT molecular complexity index is 326. The molecule has 0 fully saturated rings. The Morgan fingerprint density at radius 2 is 2.09 bits per heavy atom. The highest BCUT2D eigenvalue weighted by molar-refractivity contribution is 5.91. The molecule has 0 N–H and O–H groups in total. The van der Waals surface area contributed by atoms with E-state index in [0.29, 0.717) is 0 Å². The van der Waals surface area contributed by atoms with Crippen molar-refractivity contribution in [2.45, 2.75) is 20.3 Å². The minimum absolute atomic E-state index is 0.928. The molecule has 0 spiro atoms. The molecule has 2 heteroatoms. The molecule has 0 amide bonds. The van der Waals surface area contributed by atoms with Crippen LogP contribution < -0.4 is 0 Å². The van der Waals surface area contributed by atoms with Gasteiger partial charge in [0, 0.05) is 17.8 Å². The summed E-state index contributed by atoms with van der Waals surface area (Å²) in [5, 5.41) is 0. The van der Waals surface area contributed by atoms with Crippen LogP contribution in [0.4, 0.5) is 5.69 Å². The highest BCUT2D eigenvalue weighted by Gasteiger charge is 2.11. The average molecular weight is 146 g/mol. The molecule has 56 valence electrons. The van der Waals surface area contributed by atoms with E-state index in [9.17, 15) is 0 Å². The van der Waals surface area contributed by atoms with Crippen LogP contribution in [0.15, 0.2) is 17.1 Å². The SMILES string of the molecule is CC1=Nc2ccc(C)nc2C1. The Balaban J connectivity index is 2.52.